The molecule has 0 saturated heterocycles. The predicted molar refractivity (Wildman–Crippen MR) is 53.5 cm³/mol. The Kier molecular flexibility index (Phi) is 2.56. The van der Waals surface area contributed by atoms with Gasteiger partial charge in [0.2, 0.25) is 0 Å². The Bertz CT molecular complexity index is 314. The molecule has 3 heteroatoms. The monoisotopic (exact) mass is 197 g/mol. The van der Waals surface area contributed by atoms with Gasteiger partial charge in [0.15, 0.2) is 0 Å². The molecule has 70 valence electrons. The van der Waals surface area contributed by atoms with Crippen LogP contribution < -0.4 is 5.73 Å². The van der Waals surface area contributed by atoms with Crippen LogP contribution >= 0.6 is 11.8 Å². The van der Waals surface area contributed by atoms with Crippen molar-refractivity contribution in [2.24, 2.45) is 5.73 Å². The van der Waals surface area contributed by atoms with Crippen molar-refractivity contribution < 1.29 is 4.39 Å². The first-order valence-corrected chi connectivity index (χ1v) is 5.42. The lowest BCUT2D eigenvalue weighted by Crippen LogP contribution is -2.06. The molecule has 0 aliphatic carbocycles. The third kappa shape index (κ3) is 1.58. The minimum absolute atomic E-state index is 0.0815. The SMILES string of the molecule is NCCC1CSc2c(F)cccc21. The minimum Gasteiger partial charge on any atom is -0.330 e. The van der Waals surface area contributed by atoms with E-state index in [-0.39, 0.29) is 5.82 Å². The molecule has 0 bridgehead atoms. The Labute approximate surface area is 81.5 Å². The van der Waals surface area contributed by atoms with Crippen molar-refractivity contribution in [3.05, 3.63) is 29.6 Å². The third-order valence-electron chi connectivity index (χ3n) is 2.38. The van der Waals surface area contributed by atoms with Crippen molar-refractivity contribution in [3.63, 3.8) is 0 Å². The molecule has 0 fully saturated rings. The summed E-state index contributed by atoms with van der Waals surface area (Å²) in [6.07, 6.45) is 0.962. The summed E-state index contributed by atoms with van der Waals surface area (Å²) in [4.78, 5) is 0.834. The zero-order valence-electron chi connectivity index (χ0n) is 7.29. The summed E-state index contributed by atoms with van der Waals surface area (Å²) in [6, 6.07) is 5.32. The quantitative estimate of drug-likeness (QED) is 0.787. The third-order valence-corrected chi connectivity index (χ3v) is 3.67. The van der Waals surface area contributed by atoms with Crippen molar-refractivity contribution >= 4 is 11.8 Å². The number of fused-ring (bicyclic) bond motifs is 1. The zero-order valence-corrected chi connectivity index (χ0v) is 8.11. The second kappa shape index (κ2) is 3.68. The first-order valence-electron chi connectivity index (χ1n) is 4.44. The Hall–Kier alpha value is -0.540. The van der Waals surface area contributed by atoms with E-state index in [1.165, 1.54) is 6.07 Å². The molecule has 0 aromatic heterocycles. The highest BCUT2D eigenvalue weighted by molar-refractivity contribution is 7.99. The van der Waals surface area contributed by atoms with E-state index in [1.54, 1.807) is 17.8 Å². The molecule has 1 aromatic rings. The van der Waals surface area contributed by atoms with Crippen molar-refractivity contribution in [2.45, 2.75) is 17.2 Å². The van der Waals surface area contributed by atoms with Crippen LogP contribution in [-0.4, -0.2) is 12.3 Å². The number of thioether (sulfide) groups is 1. The van der Waals surface area contributed by atoms with Crippen LogP contribution in [0.4, 0.5) is 4.39 Å². The lowest BCUT2D eigenvalue weighted by Gasteiger charge is -2.07. The average molecular weight is 197 g/mol. The predicted octanol–water partition coefficient (Wildman–Crippen LogP) is 2.36. The Balaban J connectivity index is 2.32. The fourth-order valence-electron chi connectivity index (χ4n) is 1.71. The summed E-state index contributed by atoms with van der Waals surface area (Å²) in [5, 5.41) is 0. The van der Waals surface area contributed by atoms with Gasteiger partial charge >= 0.3 is 0 Å². The van der Waals surface area contributed by atoms with Gasteiger partial charge < -0.3 is 5.73 Å². The fraction of sp³-hybridized carbons (Fsp3) is 0.400. The summed E-state index contributed by atoms with van der Waals surface area (Å²) < 4.78 is 13.3. The highest BCUT2D eigenvalue weighted by Gasteiger charge is 2.24. The van der Waals surface area contributed by atoms with Crippen molar-refractivity contribution in [3.8, 4) is 0 Å². The molecule has 13 heavy (non-hydrogen) atoms. The summed E-state index contributed by atoms with van der Waals surface area (Å²) in [6.45, 7) is 0.682. The summed E-state index contributed by atoms with van der Waals surface area (Å²) in [7, 11) is 0. The number of nitrogens with two attached hydrogens (primary N) is 1. The largest absolute Gasteiger partial charge is 0.330 e. The Morgan fingerprint density at radius 1 is 1.54 bits per heavy atom. The molecular weight excluding hydrogens is 185 g/mol. The Morgan fingerprint density at radius 2 is 2.38 bits per heavy atom. The molecular formula is C10H12FNS. The molecule has 0 radical (unpaired) electrons. The molecule has 1 aliphatic heterocycles. The molecule has 0 spiro atoms. The second-order valence-corrected chi connectivity index (χ2v) is 4.27. The lowest BCUT2D eigenvalue weighted by atomic mass is 9.98. The Morgan fingerprint density at radius 3 is 3.15 bits per heavy atom. The molecule has 0 amide bonds. The van der Waals surface area contributed by atoms with E-state index < -0.39 is 0 Å². The van der Waals surface area contributed by atoms with Crippen LogP contribution in [0.1, 0.15) is 17.9 Å². The number of halogens is 1. The average Bonchev–Trinajstić information content (AvgIpc) is 2.51. The van der Waals surface area contributed by atoms with Gasteiger partial charge in [0, 0.05) is 10.6 Å². The zero-order chi connectivity index (χ0) is 9.26. The van der Waals surface area contributed by atoms with Crippen LogP contribution in [0.3, 0.4) is 0 Å². The number of hydrogen-bond acceptors (Lipinski definition) is 2. The maximum absolute atomic E-state index is 13.3. The van der Waals surface area contributed by atoms with Crippen LogP contribution in [0.5, 0.6) is 0 Å². The normalized spacial score (nSPS) is 20.3. The van der Waals surface area contributed by atoms with E-state index in [9.17, 15) is 4.39 Å². The maximum atomic E-state index is 13.3. The molecule has 1 atom stereocenters. The van der Waals surface area contributed by atoms with Gasteiger partial charge in [-0.2, -0.15) is 0 Å². The molecule has 1 nitrogen and oxygen atoms in total. The topological polar surface area (TPSA) is 26.0 Å². The molecule has 2 rings (SSSR count). The van der Waals surface area contributed by atoms with Gasteiger partial charge in [-0.3, -0.25) is 0 Å². The fourth-order valence-corrected chi connectivity index (χ4v) is 3.03. The first-order chi connectivity index (χ1) is 6.33. The second-order valence-electron chi connectivity index (χ2n) is 3.24. The lowest BCUT2D eigenvalue weighted by molar-refractivity contribution is 0.593. The van der Waals surface area contributed by atoms with Gasteiger partial charge in [0.05, 0.1) is 0 Å². The van der Waals surface area contributed by atoms with Crippen LogP contribution in [0.2, 0.25) is 0 Å². The molecule has 2 N–H and O–H groups in total. The molecule has 0 saturated carbocycles. The van der Waals surface area contributed by atoms with Gasteiger partial charge in [-0.05, 0) is 30.5 Å². The summed E-state index contributed by atoms with van der Waals surface area (Å²) in [5.41, 5.74) is 6.65. The van der Waals surface area contributed by atoms with Gasteiger partial charge in [0.25, 0.3) is 0 Å². The molecule has 1 aromatic carbocycles. The van der Waals surface area contributed by atoms with E-state index in [4.69, 9.17) is 5.73 Å². The van der Waals surface area contributed by atoms with Gasteiger partial charge in [-0.1, -0.05) is 12.1 Å². The highest BCUT2D eigenvalue weighted by atomic mass is 32.2. The molecule has 1 heterocycles. The van der Waals surface area contributed by atoms with E-state index in [0.717, 1.165) is 22.6 Å². The van der Waals surface area contributed by atoms with Crippen LogP contribution in [0, 0.1) is 5.82 Å². The standard InChI is InChI=1S/C10H12FNS/c11-9-3-1-2-8-7(4-5-12)6-13-10(8)9/h1-3,7H,4-6,12H2. The number of hydrogen-bond donors (Lipinski definition) is 1. The first kappa shape index (κ1) is 9.03. The molecule has 1 unspecified atom stereocenters. The van der Waals surface area contributed by atoms with E-state index in [2.05, 4.69) is 0 Å². The minimum atomic E-state index is -0.0815. The van der Waals surface area contributed by atoms with Crippen LogP contribution in [0.15, 0.2) is 23.1 Å². The van der Waals surface area contributed by atoms with Crippen LogP contribution in [-0.2, 0) is 0 Å². The van der Waals surface area contributed by atoms with Gasteiger partial charge in [-0.25, -0.2) is 4.39 Å². The van der Waals surface area contributed by atoms with Gasteiger partial charge in [0.1, 0.15) is 5.82 Å². The van der Waals surface area contributed by atoms with Gasteiger partial charge in [-0.15, -0.1) is 11.8 Å². The summed E-state index contributed by atoms with van der Waals surface area (Å²) >= 11 is 1.61. The number of benzene rings is 1. The van der Waals surface area contributed by atoms with E-state index in [1.807, 2.05) is 6.07 Å². The van der Waals surface area contributed by atoms with Crippen molar-refractivity contribution in [1.29, 1.82) is 0 Å². The maximum Gasteiger partial charge on any atom is 0.137 e. The number of rotatable bonds is 2. The van der Waals surface area contributed by atoms with E-state index in [0.29, 0.717) is 12.5 Å². The van der Waals surface area contributed by atoms with E-state index >= 15 is 0 Å². The smallest absolute Gasteiger partial charge is 0.137 e. The van der Waals surface area contributed by atoms with Crippen LogP contribution in [0.25, 0.3) is 0 Å². The van der Waals surface area contributed by atoms with Crippen molar-refractivity contribution in [2.75, 3.05) is 12.3 Å². The molecule has 1 aliphatic rings. The highest BCUT2D eigenvalue weighted by Crippen LogP contribution is 2.42. The van der Waals surface area contributed by atoms with Crippen molar-refractivity contribution in [1.82, 2.24) is 0 Å². The summed E-state index contributed by atoms with van der Waals surface area (Å²) in [5.74, 6) is 1.36.